The quantitative estimate of drug-likeness (QED) is 0.236. The number of phosphoric acid groups is 2. The molecule has 2 aromatic rings. The maximum absolute atomic E-state index is 12.0. The van der Waals surface area contributed by atoms with Gasteiger partial charge in [0, 0.05) is 18.2 Å². The average Bonchev–Trinajstić information content (AvgIpc) is 2.61. The number of hydrogen-bond acceptors (Lipinski definition) is 8. The van der Waals surface area contributed by atoms with Gasteiger partial charge >= 0.3 is 15.6 Å². The molecular weight excluding hydrogens is 430 g/mol. The Balaban J connectivity index is 1.85. The number of benzene rings is 2. The van der Waals surface area contributed by atoms with Crippen LogP contribution in [-0.4, -0.2) is 32.3 Å². The highest BCUT2D eigenvalue weighted by Crippen LogP contribution is 2.44. The maximum Gasteiger partial charge on any atom is 0.527 e. The van der Waals surface area contributed by atoms with Gasteiger partial charge in [-0.25, -0.2) is 9.13 Å². The lowest BCUT2D eigenvalue weighted by molar-refractivity contribution is -0.384. The lowest BCUT2D eigenvalue weighted by atomic mass is 10.1. The summed E-state index contributed by atoms with van der Waals surface area (Å²) >= 11 is 0. The number of rotatable bonds is 10. The fraction of sp³-hybridized carbons (Fsp3) is 0.200. The van der Waals surface area contributed by atoms with Crippen molar-refractivity contribution in [3.05, 3.63) is 64.2 Å². The standard InChI is InChI=1S/C15H18N2O10P2/c16-12(9-11-1-5-14(6-2-11)26-28(20,21)22)10-25-29(23,24)27-15-7-3-13(4-8-15)17(18)19/h1-8,12H,9-10,16H2,(H,23,24)(H2,20,21,22)/t12-/m0/s1. The van der Waals surface area contributed by atoms with Gasteiger partial charge in [-0.1, -0.05) is 12.1 Å². The molecule has 2 aromatic carbocycles. The summed E-state index contributed by atoms with van der Waals surface area (Å²) in [5.41, 5.74) is 6.32. The number of nitro benzene ring substituents is 1. The molecule has 2 rings (SSSR count). The van der Waals surface area contributed by atoms with Gasteiger partial charge < -0.3 is 14.8 Å². The Morgan fingerprint density at radius 1 is 0.966 bits per heavy atom. The Hall–Kier alpha value is -2.30. The Bertz CT molecular complexity index is 929. The van der Waals surface area contributed by atoms with E-state index in [9.17, 15) is 24.1 Å². The maximum atomic E-state index is 12.0. The molecule has 0 amide bonds. The number of nitro groups is 1. The van der Waals surface area contributed by atoms with Gasteiger partial charge in [0.1, 0.15) is 11.5 Å². The molecule has 2 atom stereocenters. The SMILES string of the molecule is N[C@H](COP(=O)(O)Oc1ccc([N+](=O)[O-])cc1)Cc1ccc(OP(=O)(O)O)cc1. The first-order valence-electron chi connectivity index (χ1n) is 7.94. The molecule has 0 aromatic heterocycles. The van der Waals surface area contributed by atoms with Gasteiger partial charge in [-0.05, 0) is 36.2 Å². The number of nitrogens with two attached hydrogens (primary N) is 1. The second kappa shape index (κ2) is 9.47. The van der Waals surface area contributed by atoms with Crippen LogP contribution in [0, 0.1) is 10.1 Å². The van der Waals surface area contributed by atoms with Crippen molar-refractivity contribution in [3.63, 3.8) is 0 Å². The lowest BCUT2D eigenvalue weighted by Gasteiger charge is -2.16. The fourth-order valence-corrected chi connectivity index (χ4v) is 3.38. The third-order valence-corrected chi connectivity index (χ3v) is 4.73. The summed E-state index contributed by atoms with van der Waals surface area (Å²) in [7, 11) is -9.15. The number of nitrogens with zero attached hydrogens (tertiary/aromatic N) is 1. The highest BCUT2D eigenvalue weighted by molar-refractivity contribution is 7.47. The minimum atomic E-state index is -4.65. The van der Waals surface area contributed by atoms with E-state index in [-0.39, 0.29) is 30.2 Å². The highest BCUT2D eigenvalue weighted by atomic mass is 31.2. The molecule has 12 nitrogen and oxygen atoms in total. The van der Waals surface area contributed by atoms with E-state index in [0.29, 0.717) is 5.56 Å². The van der Waals surface area contributed by atoms with E-state index in [1.54, 1.807) is 0 Å². The van der Waals surface area contributed by atoms with E-state index >= 15 is 0 Å². The molecular formula is C15H18N2O10P2. The summed E-state index contributed by atoms with van der Waals surface area (Å²) in [6.07, 6.45) is 0.230. The molecule has 0 bridgehead atoms. The van der Waals surface area contributed by atoms with Crippen LogP contribution in [0.25, 0.3) is 0 Å². The number of non-ortho nitro benzene ring substituents is 1. The van der Waals surface area contributed by atoms with Crippen molar-refractivity contribution < 1.29 is 42.3 Å². The zero-order valence-corrected chi connectivity index (χ0v) is 16.5. The van der Waals surface area contributed by atoms with Gasteiger partial charge in [0.25, 0.3) is 5.69 Å². The monoisotopic (exact) mass is 448 g/mol. The molecule has 5 N–H and O–H groups in total. The van der Waals surface area contributed by atoms with Gasteiger partial charge in [0.05, 0.1) is 11.5 Å². The van der Waals surface area contributed by atoms with Crippen molar-refractivity contribution in [2.24, 2.45) is 5.73 Å². The summed E-state index contributed by atoms with van der Waals surface area (Å²) in [6, 6.07) is 9.59. The topological polar surface area (TPSA) is 192 Å². The van der Waals surface area contributed by atoms with Crippen LogP contribution in [0.1, 0.15) is 5.56 Å². The predicted octanol–water partition coefficient (Wildman–Crippen LogP) is 2.13. The minimum Gasteiger partial charge on any atom is -0.404 e. The first-order valence-corrected chi connectivity index (χ1v) is 11.0. The van der Waals surface area contributed by atoms with E-state index in [1.807, 2.05) is 0 Å². The third-order valence-electron chi connectivity index (χ3n) is 3.37. The molecule has 0 spiro atoms. The van der Waals surface area contributed by atoms with Crippen molar-refractivity contribution in [1.82, 2.24) is 0 Å². The van der Waals surface area contributed by atoms with E-state index in [2.05, 4.69) is 4.52 Å². The van der Waals surface area contributed by atoms with Crippen molar-refractivity contribution in [1.29, 1.82) is 0 Å². The van der Waals surface area contributed by atoms with Crippen LogP contribution < -0.4 is 14.8 Å². The van der Waals surface area contributed by atoms with Crippen LogP contribution in [0.5, 0.6) is 11.5 Å². The van der Waals surface area contributed by atoms with E-state index in [4.69, 9.17) is 24.6 Å². The van der Waals surface area contributed by atoms with Crippen molar-refractivity contribution in [2.75, 3.05) is 6.61 Å². The van der Waals surface area contributed by atoms with Crippen LogP contribution in [0.4, 0.5) is 5.69 Å². The van der Waals surface area contributed by atoms with Crippen molar-refractivity contribution in [3.8, 4) is 11.5 Å². The normalized spacial score (nSPS) is 14.6. The largest absolute Gasteiger partial charge is 0.527 e. The first-order chi connectivity index (χ1) is 13.4. The van der Waals surface area contributed by atoms with E-state index in [0.717, 1.165) is 24.3 Å². The first kappa shape index (κ1) is 23.0. The predicted molar refractivity (Wildman–Crippen MR) is 100 cm³/mol. The Kier molecular flexibility index (Phi) is 7.50. The van der Waals surface area contributed by atoms with Crippen molar-refractivity contribution in [2.45, 2.75) is 12.5 Å². The molecule has 1 unspecified atom stereocenters. The highest BCUT2D eigenvalue weighted by Gasteiger charge is 2.24. The molecule has 0 aliphatic carbocycles. The summed E-state index contributed by atoms with van der Waals surface area (Å²) in [4.78, 5) is 37.2. The number of hydrogen-bond donors (Lipinski definition) is 4. The van der Waals surface area contributed by atoms with Crippen LogP contribution >= 0.6 is 15.6 Å². The van der Waals surface area contributed by atoms with Crippen LogP contribution in [-0.2, 0) is 20.1 Å². The molecule has 0 radical (unpaired) electrons. The molecule has 0 heterocycles. The Morgan fingerprint density at radius 2 is 1.48 bits per heavy atom. The van der Waals surface area contributed by atoms with E-state index < -0.39 is 26.6 Å². The second-order valence-electron chi connectivity index (χ2n) is 5.80. The van der Waals surface area contributed by atoms with Gasteiger partial charge in [-0.3, -0.25) is 29.3 Å². The molecule has 29 heavy (non-hydrogen) atoms. The third kappa shape index (κ3) is 8.30. The molecule has 0 aliphatic rings. The molecule has 0 fully saturated rings. The van der Waals surface area contributed by atoms with Gasteiger partial charge in [-0.2, -0.15) is 0 Å². The molecule has 0 aliphatic heterocycles. The zero-order chi connectivity index (χ0) is 21.7. The second-order valence-corrected chi connectivity index (χ2v) is 8.34. The smallest absolute Gasteiger partial charge is 0.404 e. The molecule has 0 saturated heterocycles. The summed E-state index contributed by atoms with van der Waals surface area (Å²) in [5.74, 6) is -0.112. The molecule has 14 heteroatoms. The van der Waals surface area contributed by atoms with Gasteiger partial charge in [0.15, 0.2) is 0 Å². The molecule has 158 valence electrons. The van der Waals surface area contributed by atoms with Crippen LogP contribution in [0.3, 0.4) is 0 Å². The molecule has 0 saturated carbocycles. The lowest BCUT2D eigenvalue weighted by Crippen LogP contribution is -2.28. The number of phosphoric ester groups is 2. The van der Waals surface area contributed by atoms with Gasteiger partial charge in [0.2, 0.25) is 0 Å². The average molecular weight is 448 g/mol. The zero-order valence-electron chi connectivity index (χ0n) is 14.7. The fourth-order valence-electron chi connectivity index (χ4n) is 2.16. The Labute approximate surface area is 164 Å². The Morgan fingerprint density at radius 3 is 2.00 bits per heavy atom. The van der Waals surface area contributed by atoms with Crippen LogP contribution in [0.2, 0.25) is 0 Å². The summed E-state index contributed by atoms with van der Waals surface area (Å²) < 4.78 is 36.8. The van der Waals surface area contributed by atoms with E-state index in [1.165, 1.54) is 24.3 Å². The summed E-state index contributed by atoms with van der Waals surface area (Å²) in [6.45, 7) is -0.332. The summed E-state index contributed by atoms with van der Waals surface area (Å²) in [5, 5.41) is 10.6. The van der Waals surface area contributed by atoms with Crippen LogP contribution in [0.15, 0.2) is 48.5 Å². The minimum absolute atomic E-state index is 0.0248. The van der Waals surface area contributed by atoms with Gasteiger partial charge in [-0.15, -0.1) is 0 Å². The van der Waals surface area contributed by atoms with Crippen molar-refractivity contribution >= 4 is 21.3 Å².